The van der Waals surface area contributed by atoms with E-state index in [0.717, 1.165) is 47.3 Å². The molecule has 1 aromatic heterocycles. The zero-order valence-corrected chi connectivity index (χ0v) is 30.2. The molecule has 0 saturated carbocycles. The second-order valence-electron chi connectivity index (χ2n) is 12.7. The van der Waals surface area contributed by atoms with Crippen LogP contribution in [0.4, 0.5) is 5.95 Å². The SMILES string of the molecule is CCCCCCCCCCCCCCCCSc1nc(NCCCN2CCN(C)CC2)nc(SCCCCCCCC)n1. The summed E-state index contributed by atoms with van der Waals surface area (Å²) in [6, 6.07) is 0. The van der Waals surface area contributed by atoms with Crippen molar-refractivity contribution in [2.75, 3.05) is 63.1 Å². The van der Waals surface area contributed by atoms with Crippen LogP contribution in [-0.2, 0) is 0 Å². The van der Waals surface area contributed by atoms with E-state index in [0.29, 0.717) is 0 Å². The molecule has 1 aliphatic heterocycles. The summed E-state index contributed by atoms with van der Waals surface area (Å²) >= 11 is 3.63. The number of hydrogen-bond acceptors (Lipinski definition) is 8. The number of thioether (sulfide) groups is 2. The molecule has 8 heteroatoms. The van der Waals surface area contributed by atoms with E-state index in [9.17, 15) is 0 Å². The van der Waals surface area contributed by atoms with Gasteiger partial charge in [-0.05, 0) is 32.9 Å². The van der Waals surface area contributed by atoms with Gasteiger partial charge in [0.05, 0.1) is 0 Å². The van der Waals surface area contributed by atoms with Gasteiger partial charge in [-0.1, -0.05) is 153 Å². The molecule has 0 radical (unpaired) electrons. The van der Waals surface area contributed by atoms with Crippen LogP contribution in [0.5, 0.6) is 0 Å². The summed E-state index contributed by atoms with van der Waals surface area (Å²) < 4.78 is 0. The minimum atomic E-state index is 0.766. The molecule has 0 amide bonds. The molecule has 2 rings (SSSR count). The Hall–Kier alpha value is -0.570. The highest BCUT2D eigenvalue weighted by molar-refractivity contribution is 7.99. The first kappa shape index (κ1) is 38.6. The van der Waals surface area contributed by atoms with Gasteiger partial charge in [0, 0.05) is 44.2 Å². The lowest BCUT2D eigenvalue weighted by atomic mass is 10.0. The highest BCUT2D eigenvalue weighted by Gasteiger charge is 2.13. The first-order chi connectivity index (χ1) is 21.2. The van der Waals surface area contributed by atoms with Crippen molar-refractivity contribution >= 4 is 29.5 Å². The third kappa shape index (κ3) is 21.7. The summed E-state index contributed by atoms with van der Waals surface area (Å²) in [5.74, 6) is 2.97. The van der Waals surface area contributed by atoms with E-state index in [1.807, 2.05) is 23.5 Å². The van der Waals surface area contributed by atoms with Gasteiger partial charge in [0.1, 0.15) is 0 Å². The van der Waals surface area contributed by atoms with E-state index in [1.54, 1.807) is 0 Å². The van der Waals surface area contributed by atoms with Crippen LogP contribution in [0.25, 0.3) is 0 Å². The largest absolute Gasteiger partial charge is 0.354 e. The summed E-state index contributed by atoms with van der Waals surface area (Å²) in [4.78, 5) is 19.4. The summed E-state index contributed by atoms with van der Waals surface area (Å²) in [5, 5.41) is 5.32. The van der Waals surface area contributed by atoms with Gasteiger partial charge in [-0.25, -0.2) is 0 Å². The lowest BCUT2D eigenvalue weighted by Gasteiger charge is -2.32. The van der Waals surface area contributed by atoms with Crippen molar-refractivity contribution < 1.29 is 0 Å². The smallest absolute Gasteiger partial charge is 0.227 e. The fourth-order valence-corrected chi connectivity index (χ4v) is 7.35. The van der Waals surface area contributed by atoms with Crippen molar-refractivity contribution in [2.24, 2.45) is 0 Å². The number of hydrogen-bond donors (Lipinski definition) is 1. The van der Waals surface area contributed by atoms with Crippen LogP contribution in [0.1, 0.15) is 149 Å². The summed E-state index contributed by atoms with van der Waals surface area (Å²) in [6.07, 6.45) is 28.7. The Morgan fingerprint density at radius 3 is 1.40 bits per heavy atom. The van der Waals surface area contributed by atoms with E-state index in [-0.39, 0.29) is 0 Å². The van der Waals surface area contributed by atoms with Crippen LogP contribution in [0.3, 0.4) is 0 Å². The van der Waals surface area contributed by atoms with Crippen LogP contribution in [0.2, 0.25) is 0 Å². The van der Waals surface area contributed by atoms with Crippen molar-refractivity contribution in [1.29, 1.82) is 0 Å². The first-order valence-corrected chi connectivity index (χ1v) is 20.3. The minimum Gasteiger partial charge on any atom is -0.354 e. The van der Waals surface area contributed by atoms with Crippen molar-refractivity contribution in [3.8, 4) is 0 Å². The Morgan fingerprint density at radius 2 is 0.953 bits per heavy atom. The number of anilines is 1. The molecule has 0 aromatic carbocycles. The fraction of sp³-hybridized carbons (Fsp3) is 0.914. The average molecular weight is 637 g/mol. The Kier molecular flexibility index (Phi) is 24.9. The lowest BCUT2D eigenvalue weighted by molar-refractivity contribution is 0.154. The van der Waals surface area contributed by atoms with Gasteiger partial charge in [-0.2, -0.15) is 15.0 Å². The van der Waals surface area contributed by atoms with Crippen LogP contribution in [0, 0.1) is 0 Å². The second-order valence-corrected chi connectivity index (χ2v) is 14.8. The molecule has 0 bridgehead atoms. The van der Waals surface area contributed by atoms with E-state index >= 15 is 0 Å². The van der Waals surface area contributed by atoms with Gasteiger partial charge in [-0.15, -0.1) is 0 Å². The molecule has 2 heterocycles. The molecule has 1 saturated heterocycles. The standard InChI is InChI=1S/C35H68N6S2/c1-4-6-8-10-12-13-14-15-16-17-18-19-21-23-32-43-35-38-33(36-25-24-26-41-29-27-40(3)28-30-41)37-34(39-35)42-31-22-20-11-9-7-5-2/h4-32H2,1-3H3,(H,36,37,38,39). The maximum atomic E-state index is 4.84. The van der Waals surface area contributed by atoms with E-state index in [1.165, 1.54) is 155 Å². The molecule has 43 heavy (non-hydrogen) atoms. The first-order valence-electron chi connectivity index (χ1n) is 18.4. The maximum absolute atomic E-state index is 4.84. The summed E-state index contributed by atoms with van der Waals surface area (Å²) in [6.45, 7) is 11.4. The molecule has 1 aliphatic rings. The van der Waals surface area contributed by atoms with Gasteiger partial charge in [0.2, 0.25) is 5.95 Å². The third-order valence-electron chi connectivity index (χ3n) is 8.58. The zero-order chi connectivity index (χ0) is 30.6. The van der Waals surface area contributed by atoms with Gasteiger partial charge in [0.25, 0.3) is 0 Å². The van der Waals surface area contributed by atoms with Gasteiger partial charge >= 0.3 is 0 Å². The number of piperazine rings is 1. The maximum Gasteiger partial charge on any atom is 0.227 e. The van der Waals surface area contributed by atoms with Gasteiger partial charge in [-0.3, -0.25) is 0 Å². The fourth-order valence-electron chi connectivity index (χ4n) is 5.63. The van der Waals surface area contributed by atoms with Crippen molar-refractivity contribution in [1.82, 2.24) is 24.8 Å². The molecule has 6 nitrogen and oxygen atoms in total. The normalized spacial score (nSPS) is 14.5. The molecule has 250 valence electrons. The Balaban J connectivity index is 1.62. The molecule has 0 aliphatic carbocycles. The minimum absolute atomic E-state index is 0.766. The molecule has 0 spiro atoms. The number of likely N-dealkylation sites (N-methyl/N-ethyl adjacent to an activating group) is 1. The lowest BCUT2D eigenvalue weighted by Crippen LogP contribution is -2.44. The van der Waals surface area contributed by atoms with Crippen molar-refractivity contribution in [3.63, 3.8) is 0 Å². The number of nitrogens with one attached hydrogen (secondary N) is 1. The molecular formula is C35H68N6S2. The number of nitrogens with zero attached hydrogens (tertiary/aromatic N) is 5. The predicted octanol–water partition coefficient (Wildman–Crippen LogP) is 9.95. The Bertz CT molecular complexity index is 760. The van der Waals surface area contributed by atoms with Gasteiger partial charge < -0.3 is 15.1 Å². The Morgan fingerprint density at radius 1 is 0.535 bits per heavy atom. The molecule has 1 fully saturated rings. The van der Waals surface area contributed by atoms with Gasteiger partial charge in [0.15, 0.2) is 10.3 Å². The topological polar surface area (TPSA) is 57.2 Å². The highest BCUT2D eigenvalue weighted by Crippen LogP contribution is 2.23. The second kappa shape index (κ2) is 27.7. The Labute approximate surface area is 275 Å². The number of aromatic nitrogens is 3. The summed E-state index contributed by atoms with van der Waals surface area (Å²) in [7, 11) is 2.22. The number of unbranched alkanes of at least 4 members (excludes halogenated alkanes) is 18. The zero-order valence-electron chi connectivity index (χ0n) is 28.6. The quantitative estimate of drug-likeness (QED) is 0.0689. The highest BCUT2D eigenvalue weighted by atomic mass is 32.2. The van der Waals surface area contributed by atoms with Crippen LogP contribution >= 0.6 is 23.5 Å². The van der Waals surface area contributed by atoms with E-state index in [4.69, 9.17) is 15.0 Å². The van der Waals surface area contributed by atoms with E-state index in [2.05, 4.69) is 36.0 Å². The van der Waals surface area contributed by atoms with Crippen molar-refractivity contribution in [2.45, 2.75) is 159 Å². The molecule has 0 unspecified atom stereocenters. The molecule has 0 atom stereocenters. The van der Waals surface area contributed by atoms with Crippen LogP contribution in [-0.4, -0.2) is 82.6 Å². The summed E-state index contributed by atoms with van der Waals surface area (Å²) in [5.41, 5.74) is 0. The number of rotatable bonds is 29. The monoisotopic (exact) mass is 636 g/mol. The predicted molar refractivity (Wildman–Crippen MR) is 192 cm³/mol. The molecular weight excluding hydrogens is 569 g/mol. The average Bonchev–Trinajstić information content (AvgIpc) is 3.01. The third-order valence-corrected chi connectivity index (χ3v) is 10.4. The van der Waals surface area contributed by atoms with Crippen LogP contribution < -0.4 is 5.32 Å². The molecule has 1 N–H and O–H groups in total. The van der Waals surface area contributed by atoms with Crippen molar-refractivity contribution in [3.05, 3.63) is 0 Å². The molecule has 1 aromatic rings. The van der Waals surface area contributed by atoms with Crippen LogP contribution in [0.15, 0.2) is 10.3 Å². The van der Waals surface area contributed by atoms with E-state index < -0.39 is 0 Å².